The van der Waals surface area contributed by atoms with Crippen LogP contribution in [0.2, 0.25) is 0 Å². The fourth-order valence-corrected chi connectivity index (χ4v) is 3.13. The van der Waals surface area contributed by atoms with Gasteiger partial charge in [-0.15, -0.1) is 35.3 Å². The van der Waals surface area contributed by atoms with Crippen molar-refractivity contribution < 1.29 is 4.74 Å². The number of guanidine groups is 1. The molecule has 0 amide bonds. The Kier molecular flexibility index (Phi) is 11.3. The summed E-state index contributed by atoms with van der Waals surface area (Å²) < 4.78 is 5.75. The van der Waals surface area contributed by atoms with Crippen molar-refractivity contribution >= 4 is 41.3 Å². The topological polar surface area (TPSA) is 58.5 Å². The average molecular weight is 488 g/mol. The SMILES string of the molecule is CCNC(=NCCc1ncc(CC)s1)NCCOc1cccc(C)c1.I. The van der Waals surface area contributed by atoms with Crippen LogP contribution in [0.1, 0.15) is 29.3 Å². The van der Waals surface area contributed by atoms with E-state index in [4.69, 9.17) is 4.74 Å². The molecular weight excluding hydrogens is 459 g/mol. The molecule has 0 saturated heterocycles. The second-order valence-corrected chi connectivity index (χ2v) is 6.88. The van der Waals surface area contributed by atoms with Gasteiger partial charge in [0, 0.05) is 30.6 Å². The van der Waals surface area contributed by atoms with Crippen molar-refractivity contribution in [3.63, 3.8) is 0 Å². The molecule has 0 atom stereocenters. The maximum atomic E-state index is 5.75. The van der Waals surface area contributed by atoms with E-state index >= 15 is 0 Å². The minimum atomic E-state index is 0. The van der Waals surface area contributed by atoms with Crippen LogP contribution in [0.3, 0.4) is 0 Å². The normalized spacial score (nSPS) is 11.0. The minimum Gasteiger partial charge on any atom is -0.492 e. The third kappa shape index (κ3) is 8.35. The number of nitrogens with zero attached hydrogens (tertiary/aromatic N) is 2. The van der Waals surface area contributed by atoms with Crippen LogP contribution < -0.4 is 15.4 Å². The van der Waals surface area contributed by atoms with E-state index in [9.17, 15) is 0 Å². The third-order valence-corrected chi connectivity index (χ3v) is 4.74. The predicted molar refractivity (Wildman–Crippen MR) is 121 cm³/mol. The Morgan fingerprint density at radius 1 is 1.27 bits per heavy atom. The third-order valence-electron chi connectivity index (χ3n) is 3.54. The molecule has 26 heavy (non-hydrogen) atoms. The van der Waals surface area contributed by atoms with Crippen molar-refractivity contribution in [2.24, 2.45) is 4.99 Å². The van der Waals surface area contributed by atoms with Crippen LogP contribution in [0, 0.1) is 6.92 Å². The van der Waals surface area contributed by atoms with Crippen LogP contribution in [-0.2, 0) is 12.8 Å². The molecule has 0 fully saturated rings. The number of hydrogen-bond acceptors (Lipinski definition) is 4. The number of thiazole rings is 1. The summed E-state index contributed by atoms with van der Waals surface area (Å²) in [6.45, 7) is 9.15. The molecule has 0 bridgehead atoms. The molecule has 0 saturated carbocycles. The van der Waals surface area contributed by atoms with Gasteiger partial charge in [0.05, 0.1) is 11.6 Å². The van der Waals surface area contributed by atoms with E-state index in [2.05, 4.69) is 47.4 Å². The van der Waals surface area contributed by atoms with E-state index in [1.54, 1.807) is 11.3 Å². The van der Waals surface area contributed by atoms with Crippen molar-refractivity contribution in [2.75, 3.05) is 26.2 Å². The van der Waals surface area contributed by atoms with Crippen LogP contribution in [-0.4, -0.2) is 37.2 Å². The number of ether oxygens (including phenoxy) is 1. The Labute approximate surface area is 177 Å². The highest BCUT2D eigenvalue weighted by molar-refractivity contribution is 14.0. The highest BCUT2D eigenvalue weighted by atomic mass is 127. The Hall–Kier alpha value is -1.35. The van der Waals surface area contributed by atoms with Crippen LogP contribution in [0.5, 0.6) is 5.75 Å². The summed E-state index contributed by atoms with van der Waals surface area (Å²) in [6, 6.07) is 8.09. The van der Waals surface area contributed by atoms with E-state index in [-0.39, 0.29) is 24.0 Å². The zero-order valence-electron chi connectivity index (χ0n) is 15.7. The fraction of sp³-hybridized carbons (Fsp3) is 0.474. The molecule has 0 spiro atoms. The maximum Gasteiger partial charge on any atom is 0.191 e. The minimum absolute atomic E-state index is 0. The molecule has 0 aliphatic carbocycles. The predicted octanol–water partition coefficient (Wildman–Crippen LogP) is 3.81. The molecule has 2 aromatic rings. The first-order valence-electron chi connectivity index (χ1n) is 8.86. The zero-order chi connectivity index (χ0) is 17.9. The number of nitrogens with one attached hydrogen (secondary N) is 2. The van der Waals surface area contributed by atoms with Crippen molar-refractivity contribution in [3.05, 3.63) is 45.9 Å². The summed E-state index contributed by atoms with van der Waals surface area (Å²) in [6.07, 6.45) is 3.89. The van der Waals surface area contributed by atoms with Gasteiger partial charge in [0.1, 0.15) is 12.4 Å². The number of halogens is 1. The highest BCUT2D eigenvalue weighted by Crippen LogP contribution is 2.13. The van der Waals surface area contributed by atoms with E-state index in [1.165, 1.54) is 10.4 Å². The number of hydrogen-bond donors (Lipinski definition) is 2. The lowest BCUT2D eigenvalue weighted by Gasteiger charge is -2.12. The van der Waals surface area contributed by atoms with Crippen molar-refractivity contribution in [3.8, 4) is 5.75 Å². The van der Waals surface area contributed by atoms with E-state index < -0.39 is 0 Å². The van der Waals surface area contributed by atoms with Crippen molar-refractivity contribution in [1.29, 1.82) is 0 Å². The Morgan fingerprint density at radius 2 is 2.12 bits per heavy atom. The number of aliphatic imine (C=N–C) groups is 1. The lowest BCUT2D eigenvalue weighted by Crippen LogP contribution is -2.39. The van der Waals surface area contributed by atoms with Gasteiger partial charge in [-0.25, -0.2) is 4.98 Å². The smallest absolute Gasteiger partial charge is 0.191 e. The Morgan fingerprint density at radius 3 is 2.81 bits per heavy atom. The first-order valence-corrected chi connectivity index (χ1v) is 9.68. The molecule has 0 unspecified atom stereocenters. The summed E-state index contributed by atoms with van der Waals surface area (Å²) >= 11 is 1.78. The molecule has 0 aliphatic heterocycles. The number of benzene rings is 1. The van der Waals surface area contributed by atoms with Gasteiger partial charge in [0.25, 0.3) is 0 Å². The molecular formula is C19H29IN4OS. The number of rotatable bonds is 9. The molecule has 0 aliphatic rings. The molecule has 2 rings (SSSR count). The molecule has 2 N–H and O–H groups in total. The molecule has 1 aromatic carbocycles. The fourth-order valence-electron chi connectivity index (χ4n) is 2.28. The quantitative estimate of drug-likeness (QED) is 0.244. The van der Waals surface area contributed by atoms with Gasteiger partial charge in [-0.3, -0.25) is 4.99 Å². The Bertz CT molecular complexity index is 675. The summed E-state index contributed by atoms with van der Waals surface area (Å²) in [4.78, 5) is 10.4. The molecule has 1 heterocycles. The molecule has 0 radical (unpaired) electrons. The molecule has 7 heteroatoms. The summed E-state index contributed by atoms with van der Waals surface area (Å²) in [5.41, 5.74) is 1.20. The van der Waals surface area contributed by atoms with Gasteiger partial charge in [-0.2, -0.15) is 0 Å². The van der Waals surface area contributed by atoms with Crippen molar-refractivity contribution in [1.82, 2.24) is 15.6 Å². The van der Waals surface area contributed by atoms with Crippen LogP contribution in [0.25, 0.3) is 0 Å². The first-order chi connectivity index (χ1) is 12.2. The first kappa shape index (κ1) is 22.7. The van der Waals surface area contributed by atoms with Crippen LogP contribution in [0.15, 0.2) is 35.5 Å². The van der Waals surface area contributed by atoms with Gasteiger partial charge in [0.2, 0.25) is 0 Å². The van der Waals surface area contributed by atoms with Gasteiger partial charge in [-0.05, 0) is 38.0 Å². The Balaban J connectivity index is 0.00000338. The molecule has 5 nitrogen and oxygen atoms in total. The van der Waals surface area contributed by atoms with Gasteiger partial charge < -0.3 is 15.4 Å². The lowest BCUT2D eigenvalue weighted by molar-refractivity contribution is 0.321. The summed E-state index contributed by atoms with van der Waals surface area (Å²) in [5, 5.41) is 7.72. The lowest BCUT2D eigenvalue weighted by atomic mass is 10.2. The number of aromatic nitrogens is 1. The van der Waals surface area contributed by atoms with Gasteiger partial charge in [0.15, 0.2) is 5.96 Å². The van der Waals surface area contributed by atoms with E-state index in [1.807, 2.05) is 24.4 Å². The zero-order valence-corrected chi connectivity index (χ0v) is 18.9. The van der Waals surface area contributed by atoms with Crippen LogP contribution in [0.4, 0.5) is 0 Å². The standard InChI is InChI=1S/C19H28N4OS.HI/c1-4-17-14-23-18(25-17)9-10-21-19(20-5-2)22-11-12-24-16-8-6-7-15(3)13-16;/h6-8,13-14H,4-5,9-12H2,1-3H3,(H2,20,21,22);1H. The largest absolute Gasteiger partial charge is 0.492 e. The second-order valence-electron chi connectivity index (χ2n) is 5.68. The highest BCUT2D eigenvalue weighted by Gasteiger charge is 2.01. The second kappa shape index (κ2) is 12.9. The number of aryl methyl sites for hydroxylation is 2. The maximum absolute atomic E-state index is 5.75. The van der Waals surface area contributed by atoms with Gasteiger partial charge >= 0.3 is 0 Å². The van der Waals surface area contributed by atoms with E-state index in [0.717, 1.165) is 42.6 Å². The average Bonchev–Trinajstić information content (AvgIpc) is 3.07. The molecule has 144 valence electrons. The van der Waals surface area contributed by atoms with Gasteiger partial charge in [-0.1, -0.05) is 19.1 Å². The van der Waals surface area contributed by atoms with Crippen molar-refractivity contribution in [2.45, 2.75) is 33.6 Å². The summed E-state index contributed by atoms with van der Waals surface area (Å²) in [5.74, 6) is 1.72. The summed E-state index contributed by atoms with van der Waals surface area (Å²) in [7, 11) is 0. The van der Waals surface area contributed by atoms with E-state index in [0.29, 0.717) is 13.2 Å². The monoisotopic (exact) mass is 488 g/mol. The molecule has 1 aromatic heterocycles. The van der Waals surface area contributed by atoms with Crippen LogP contribution >= 0.6 is 35.3 Å².